The van der Waals surface area contributed by atoms with Crippen LogP contribution in [0, 0.1) is 0 Å². The number of para-hydroxylation sites is 1. The van der Waals surface area contributed by atoms with Gasteiger partial charge in [-0.05, 0) is 42.3 Å². The number of methoxy groups -OCH3 is 2. The molecule has 0 atom stereocenters. The number of halogens is 1. The van der Waals surface area contributed by atoms with E-state index < -0.39 is 0 Å². The van der Waals surface area contributed by atoms with E-state index in [1.165, 1.54) is 0 Å². The number of aryl methyl sites for hydroxylation is 1. The van der Waals surface area contributed by atoms with E-state index in [4.69, 9.17) is 25.8 Å². The molecule has 4 nitrogen and oxygen atoms in total. The molecule has 2 aromatic rings. The van der Waals surface area contributed by atoms with Crippen molar-refractivity contribution >= 4 is 17.6 Å². The molecular formula is C17H17ClO4. The maximum atomic E-state index is 11.9. The molecule has 0 saturated carbocycles. The third kappa shape index (κ3) is 4.15. The molecule has 0 aliphatic carbocycles. The lowest BCUT2D eigenvalue weighted by atomic mass is 10.1. The first-order valence-electron chi connectivity index (χ1n) is 6.80. The first kappa shape index (κ1) is 16.2. The highest BCUT2D eigenvalue weighted by Crippen LogP contribution is 2.31. The summed E-state index contributed by atoms with van der Waals surface area (Å²) in [6, 6.07) is 12.2. The van der Waals surface area contributed by atoms with Crippen molar-refractivity contribution in [2.24, 2.45) is 0 Å². The molecule has 0 fully saturated rings. The first-order chi connectivity index (χ1) is 10.6. The van der Waals surface area contributed by atoms with E-state index >= 15 is 0 Å². The highest BCUT2D eigenvalue weighted by atomic mass is 35.5. The van der Waals surface area contributed by atoms with Gasteiger partial charge in [0.05, 0.1) is 20.6 Å². The zero-order chi connectivity index (χ0) is 15.9. The average molecular weight is 321 g/mol. The molecule has 116 valence electrons. The molecule has 2 aromatic carbocycles. The summed E-state index contributed by atoms with van der Waals surface area (Å²) >= 11 is 5.79. The summed E-state index contributed by atoms with van der Waals surface area (Å²) in [7, 11) is 3.16. The Balaban J connectivity index is 1.98. The zero-order valence-electron chi connectivity index (χ0n) is 12.5. The van der Waals surface area contributed by atoms with Crippen molar-refractivity contribution in [3.05, 3.63) is 53.1 Å². The van der Waals surface area contributed by atoms with Gasteiger partial charge in [-0.3, -0.25) is 4.79 Å². The molecular weight excluding hydrogens is 304 g/mol. The van der Waals surface area contributed by atoms with Gasteiger partial charge in [0, 0.05) is 5.02 Å². The van der Waals surface area contributed by atoms with E-state index in [1.54, 1.807) is 38.5 Å². The predicted octanol–water partition coefficient (Wildman–Crippen LogP) is 3.90. The lowest BCUT2D eigenvalue weighted by Crippen LogP contribution is -2.09. The van der Waals surface area contributed by atoms with Crippen molar-refractivity contribution in [3.8, 4) is 17.2 Å². The number of hydrogen-bond acceptors (Lipinski definition) is 4. The van der Waals surface area contributed by atoms with Crippen LogP contribution in [0.2, 0.25) is 5.02 Å². The van der Waals surface area contributed by atoms with E-state index in [0.717, 1.165) is 5.56 Å². The first-order valence-corrected chi connectivity index (χ1v) is 7.18. The Hall–Kier alpha value is -2.20. The van der Waals surface area contributed by atoms with Gasteiger partial charge in [0.1, 0.15) is 5.75 Å². The second-order valence-corrected chi connectivity index (χ2v) is 5.02. The Kier molecular flexibility index (Phi) is 5.67. The smallest absolute Gasteiger partial charge is 0.311 e. The van der Waals surface area contributed by atoms with Crippen LogP contribution in [0.15, 0.2) is 42.5 Å². The fourth-order valence-corrected chi connectivity index (χ4v) is 2.20. The lowest BCUT2D eigenvalue weighted by Gasteiger charge is -2.12. The van der Waals surface area contributed by atoms with Gasteiger partial charge in [-0.1, -0.05) is 23.7 Å². The second kappa shape index (κ2) is 7.71. The van der Waals surface area contributed by atoms with Crippen LogP contribution in [0.5, 0.6) is 17.2 Å². The van der Waals surface area contributed by atoms with Crippen LogP contribution in [0.4, 0.5) is 0 Å². The molecule has 0 unspecified atom stereocenters. The van der Waals surface area contributed by atoms with Crippen LogP contribution in [-0.2, 0) is 11.2 Å². The Bertz CT molecular complexity index is 638. The summed E-state index contributed by atoms with van der Waals surface area (Å²) < 4.78 is 15.8. The molecule has 0 spiro atoms. The minimum Gasteiger partial charge on any atom is -0.493 e. The molecule has 0 aromatic heterocycles. The Morgan fingerprint density at radius 1 is 1.05 bits per heavy atom. The van der Waals surface area contributed by atoms with Crippen molar-refractivity contribution in [3.63, 3.8) is 0 Å². The quantitative estimate of drug-likeness (QED) is 0.598. The van der Waals surface area contributed by atoms with Crippen LogP contribution >= 0.6 is 11.6 Å². The van der Waals surface area contributed by atoms with Crippen molar-refractivity contribution in [1.29, 1.82) is 0 Å². The summed E-state index contributed by atoms with van der Waals surface area (Å²) in [6.45, 7) is 0. The summed E-state index contributed by atoms with van der Waals surface area (Å²) in [4.78, 5) is 11.9. The van der Waals surface area contributed by atoms with Crippen LogP contribution in [0.3, 0.4) is 0 Å². The number of hydrogen-bond donors (Lipinski definition) is 0. The number of carbonyl (C=O) groups excluding carboxylic acids is 1. The van der Waals surface area contributed by atoms with Crippen molar-refractivity contribution in [2.45, 2.75) is 12.8 Å². The molecule has 2 rings (SSSR count). The molecule has 5 heteroatoms. The largest absolute Gasteiger partial charge is 0.493 e. The SMILES string of the molecule is COc1cccc(CCC(=O)Oc2ccc(Cl)cc2)c1OC. The van der Waals surface area contributed by atoms with Gasteiger partial charge in [0.15, 0.2) is 11.5 Å². The van der Waals surface area contributed by atoms with Crippen LogP contribution < -0.4 is 14.2 Å². The topological polar surface area (TPSA) is 44.8 Å². The zero-order valence-corrected chi connectivity index (χ0v) is 13.2. The molecule has 0 amide bonds. The Morgan fingerprint density at radius 3 is 2.41 bits per heavy atom. The highest BCUT2D eigenvalue weighted by Gasteiger charge is 2.12. The van der Waals surface area contributed by atoms with Crippen LogP contribution in [0.25, 0.3) is 0 Å². The van der Waals surface area contributed by atoms with Crippen molar-refractivity contribution in [2.75, 3.05) is 14.2 Å². The Labute approximate surface area is 134 Å². The molecule has 0 saturated heterocycles. The number of carbonyl (C=O) groups is 1. The Morgan fingerprint density at radius 2 is 1.77 bits per heavy atom. The monoisotopic (exact) mass is 320 g/mol. The van der Waals surface area contributed by atoms with E-state index in [-0.39, 0.29) is 12.4 Å². The number of benzene rings is 2. The minimum atomic E-state index is -0.313. The van der Waals surface area contributed by atoms with Gasteiger partial charge in [0.2, 0.25) is 0 Å². The number of rotatable bonds is 6. The third-order valence-electron chi connectivity index (χ3n) is 3.13. The van der Waals surface area contributed by atoms with Crippen LogP contribution in [-0.4, -0.2) is 20.2 Å². The van der Waals surface area contributed by atoms with Crippen LogP contribution in [0.1, 0.15) is 12.0 Å². The molecule has 0 heterocycles. The average Bonchev–Trinajstić information content (AvgIpc) is 2.54. The van der Waals surface area contributed by atoms with E-state index in [2.05, 4.69) is 0 Å². The molecule has 22 heavy (non-hydrogen) atoms. The van der Waals surface area contributed by atoms with Gasteiger partial charge in [-0.2, -0.15) is 0 Å². The van der Waals surface area contributed by atoms with Crippen molar-refractivity contribution < 1.29 is 19.0 Å². The molecule has 0 bridgehead atoms. The summed E-state index contributed by atoms with van der Waals surface area (Å²) in [5.41, 5.74) is 0.898. The fraction of sp³-hybridized carbons (Fsp3) is 0.235. The van der Waals surface area contributed by atoms with E-state index in [1.807, 2.05) is 18.2 Å². The predicted molar refractivity (Wildman–Crippen MR) is 85.0 cm³/mol. The van der Waals surface area contributed by atoms with Gasteiger partial charge in [-0.15, -0.1) is 0 Å². The van der Waals surface area contributed by atoms with Crippen molar-refractivity contribution in [1.82, 2.24) is 0 Å². The van der Waals surface area contributed by atoms with Gasteiger partial charge < -0.3 is 14.2 Å². The normalized spacial score (nSPS) is 10.1. The third-order valence-corrected chi connectivity index (χ3v) is 3.38. The summed E-state index contributed by atoms with van der Waals surface area (Å²) in [5.74, 6) is 1.45. The highest BCUT2D eigenvalue weighted by molar-refractivity contribution is 6.30. The maximum Gasteiger partial charge on any atom is 0.311 e. The number of ether oxygens (including phenoxy) is 3. The van der Waals surface area contributed by atoms with E-state index in [9.17, 15) is 4.79 Å². The van der Waals surface area contributed by atoms with Gasteiger partial charge >= 0.3 is 5.97 Å². The van der Waals surface area contributed by atoms with Gasteiger partial charge in [-0.25, -0.2) is 0 Å². The molecule has 0 aliphatic rings. The maximum absolute atomic E-state index is 11.9. The van der Waals surface area contributed by atoms with E-state index in [0.29, 0.717) is 28.7 Å². The second-order valence-electron chi connectivity index (χ2n) is 4.58. The summed E-state index contributed by atoms with van der Waals surface area (Å²) in [6.07, 6.45) is 0.749. The van der Waals surface area contributed by atoms with Gasteiger partial charge in [0.25, 0.3) is 0 Å². The minimum absolute atomic E-state index is 0.242. The number of esters is 1. The molecule has 0 radical (unpaired) electrons. The fourth-order valence-electron chi connectivity index (χ4n) is 2.07. The molecule has 0 aliphatic heterocycles. The molecule has 0 N–H and O–H groups in total. The lowest BCUT2D eigenvalue weighted by molar-refractivity contribution is -0.134. The standard InChI is InChI=1S/C17H17ClO4/c1-20-15-5-3-4-12(17(15)21-2)6-11-16(19)22-14-9-7-13(18)8-10-14/h3-5,7-10H,6,11H2,1-2H3. The summed E-state index contributed by atoms with van der Waals surface area (Å²) in [5, 5.41) is 0.598.